The van der Waals surface area contributed by atoms with Crippen molar-refractivity contribution in [3.8, 4) is 0 Å². The molecule has 1 aliphatic heterocycles. The van der Waals surface area contributed by atoms with Crippen molar-refractivity contribution in [1.29, 1.82) is 0 Å². The third-order valence-electron chi connectivity index (χ3n) is 4.55. The molecule has 6 heteroatoms. The molecule has 136 valence electrons. The van der Waals surface area contributed by atoms with Crippen molar-refractivity contribution < 1.29 is 14.0 Å². The van der Waals surface area contributed by atoms with Crippen LogP contribution in [0.3, 0.4) is 0 Å². The molecule has 5 nitrogen and oxygen atoms in total. The summed E-state index contributed by atoms with van der Waals surface area (Å²) in [4.78, 5) is 28.0. The molecule has 0 atom stereocenters. The Morgan fingerprint density at radius 3 is 2.27 bits per heavy atom. The molecule has 26 heavy (non-hydrogen) atoms. The lowest BCUT2D eigenvalue weighted by atomic mass is 10.1. The van der Waals surface area contributed by atoms with Gasteiger partial charge >= 0.3 is 0 Å². The van der Waals surface area contributed by atoms with Crippen LogP contribution in [0.1, 0.15) is 22.8 Å². The van der Waals surface area contributed by atoms with E-state index in [1.807, 2.05) is 17.9 Å². The lowest BCUT2D eigenvalue weighted by Crippen LogP contribution is -2.48. The summed E-state index contributed by atoms with van der Waals surface area (Å²) in [6.07, 6.45) is 0. The van der Waals surface area contributed by atoms with E-state index in [1.165, 1.54) is 19.1 Å². The molecule has 0 aromatic heterocycles. The molecule has 0 spiro atoms. The Morgan fingerprint density at radius 1 is 1.00 bits per heavy atom. The molecule has 0 unspecified atom stereocenters. The number of carbonyl (C=O) groups is 2. The Bertz CT molecular complexity index is 812. The van der Waals surface area contributed by atoms with Gasteiger partial charge in [-0.15, -0.1) is 0 Å². The molecule has 0 bridgehead atoms. The number of piperazine rings is 1. The van der Waals surface area contributed by atoms with Crippen molar-refractivity contribution >= 4 is 23.2 Å². The maximum absolute atomic E-state index is 13.1. The van der Waals surface area contributed by atoms with Gasteiger partial charge < -0.3 is 15.1 Å². The predicted molar refractivity (Wildman–Crippen MR) is 100.0 cm³/mol. The first-order valence-corrected chi connectivity index (χ1v) is 8.62. The van der Waals surface area contributed by atoms with Crippen molar-refractivity contribution in [3.63, 3.8) is 0 Å². The number of carbonyl (C=O) groups excluding carboxylic acids is 2. The molecular weight excluding hydrogens is 333 g/mol. The number of nitrogens with one attached hydrogen (secondary N) is 1. The summed E-state index contributed by atoms with van der Waals surface area (Å²) in [6, 6.07) is 11.8. The van der Waals surface area contributed by atoms with Crippen LogP contribution in [-0.4, -0.2) is 42.9 Å². The van der Waals surface area contributed by atoms with Crippen LogP contribution in [0, 0.1) is 12.7 Å². The molecule has 2 aromatic carbocycles. The van der Waals surface area contributed by atoms with Gasteiger partial charge in [0, 0.05) is 50.0 Å². The molecule has 1 heterocycles. The zero-order valence-electron chi connectivity index (χ0n) is 15.0. The standard InChI is InChI=1S/C20H22FN3O2/c1-14-3-4-16(13-19(14)22-15(2)25)20(26)24-11-9-23(10-12-24)18-7-5-17(21)6-8-18/h3-8,13H,9-12H2,1-2H3,(H,22,25). The highest BCUT2D eigenvalue weighted by Gasteiger charge is 2.22. The summed E-state index contributed by atoms with van der Waals surface area (Å²) < 4.78 is 13.1. The van der Waals surface area contributed by atoms with E-state index in [4.69, 9.17) is 0 Å². The number of benzene rings is 2. The van der Waals surface area contributed by atoms with Crippen molar-refractivity contribution in [2.75, 3.05) is 36.4 Å². The van der Waals surface area contributed by atoms with E-state index < -0.39 is 0 Å². The Kier molecular flexibility index (Phi) is 5.21. The summed E-state index contributed by atoms with van der Waals surface area (Å²) in [5.41, 5.74) is 3.10. The maximum atomic E-state index is 13.1. The quantitative estimate of drug-likeness (QED) is 0.921. The van der Waals surface area contributed by atoms with E-state index >= 15 is 0 Å². The highest BCUT2D eigenvalue weighted by Crippen LogP contribution is 2.21. The van der Waals surface area contributed by atoms with Crippen molar-refractivity contribution in [2.45, 2.75) is 13.8 Å². The molecule has 3 rings (SSSR count). The second-order valence-corrected chi connectivity index (χ2v) is 6.47. The third kappa shape index (κ3) is 4.02. The van der Waals surface area contributed by atoms with Gasteiger partial charge in [-0.05, 0) is 48.9 Å². The fraction of sp³-hybridized carbons (Fsp3) is 0.300. The number of hydrogen-bond donors (Lipinski definition) is 1. The number of aryl methyl sites for hydroxylation is 1. The number of amides is 2. The van der Waals surface area contributed by atoms with E-state index in [0.29, 0.717) is 37.4 Å². The van der Waals surface area contributed by atoms with Gasteiger partial charge in [-0.25, -0.2) is 4.39 Å². The predicted octanol–water partition coefficient (Wildman–Crippen LogP) is 3.05. The number of hydrogen-bond acceptors (Lipinski definition) is 3. The van der Waals surface area contributed by atoms with Gasteiger partial charge in [0.1, 0.15) is 5.82 Å². The minimum absolute atomic E-state index is 0.0460. The fourth-order valence-corrected chi connectivity index (χ4v) is 3.08. The van der Waals surface area contributed by atoms with Crippen molar-refractivity contribution in [3.05, 3.63) is 59.4 Å². The van der Waals surface area contributed by atoms with Gasteiger partial charge in [0.15, 0.2) is 0 Å². The van der Waals surface area contributed by atoms with Crippen molar-refractivity contribution in [2.24, 2.45) is 0 Å². The summed E-state index contributed by atoms with van der Waals surface area (Å²) in [5, 5.41) is 2.76. The van der Waals surface area contributed by atoms with Crippen LogP contribution in [0.5, 0.6) is 0 Å². The maximum Gasteiger partial charge on any atom is 0.254 e. The van der Waals surface area contributed by atoms with Gasteiger partial charge in [-0.2, -0.15) is 0 Å². The Hall–Kier alpha value is -2.89. The van der Waals surface area contributed by atoms with Gasteiger partial charge in [0.2, 0.25) is 5.91 Å². The third-order valence-corrected chi connectivity index (χ3v) is 4.55. The smallest absolute Gasteiger partial charge is 0.254 e. The van der Waals surface area contributed by atoms with Gasteiger partial charge in [-0.3, -0.25) is 9.59 Å². The molecule has 1 aliphatic rings. The number of halogens is 1. The minimum Gasteiger partial charge on any atom is -0.368 e. The molecule has 0 radical (unpaired) electrons. The lowest BCUT2D eigenvalue weighted by Gasteiger charge is -2.36. The van der Waals surface area contributed by atoms with E-state index in [0.717, 1.165) is 11.3 Å². The van der Waals surface area contributed by atoms with E-state index in [9.17, 15) is 14.0 Å². The van der Waals surface area contributed by atoms with E-state index in [2.05, 4.69) is 10.2 Å². The summed E-state index contributed by atoms with van der Waals surface area (Å²) in [5.74, 6) is -0.460. The largest absolute Gasteiger partial charge is 0.368 e. The Morgan fingerprint density at radius 2 is 1.65 bits per heavy atom. The summed E-state index contributed by atoms with van der Waals surface area (Å²) >= 11 is 0. The minimum atomic E-state index is -0.253. The molecule has 0 aliphatic carbocycles. The molecule has 1 saturated heterocycles. The van der Waals surface area contributed by atoms with E-state index in [-0.39, 0.29) is 17.6 Å². The lowest BCUT2D eigenvalue weighted by molar-refractivity contribution is -0.114. The first kappa shape index (κ1) is 17.9. The summed E-state index contributed by atoms with van der Waals surface area (Å²) in [6.45, 7) is 5.92. The molecule has 1 fully saturated rings. The van der Waals surface area contributed by atoms with Crippen molar-refractivity contribution in [1.82, 2.24) is 4.90 Å². The zero-order chi connectivity index (χ0) is 18.7. The molecule has 2 aromatic rings. The van der Waals surface area contributed by atoms with Crippen LogP contribution in [0.4, 0.5) is 15.8 Å². The number of nitrogens with zero attached hydrogens (tertiary/aromatic N) is 2. The molecular formula is C20H22FN3O2. The van der Waals surface area contributed by atoms with Crippen LogP contribution in [0.25, 0.3) is 0 Å². The molecule has 1 N–H and O–H groups in total. The highest BCUT2D eigenvalue weighted by molar-refractivity contribution is 5.97. The Balaban J connectivity index is 1.66. The van der Waals surface area contributed by atoms with Crippen LogP contribution in [0.15, 0.2) is 42.5 Å². The second kappa shape index (κ2) is 7.56. The zero-order valence-corrected chi connectivity index (χ0v) is 15.0. The van der Waals surface area contributed by atoms with Crippen LogP contribution in [-0.2, 0) is 4.79 Å². The first-order valence-electron chi connectivity index (χ1n) is 8.62. The van der Waals surface area contributed by atoms with Crippen LogP contribution >= 0.6 is 0 Å². The van der Waals surface area contributed by atoms with Gasteiger partial charge in [-0.1, -0.05) is 6.07 Å². The molecule has 2 amide bonds. The number of anilines is 2. The monoisotopic (exact) mass is 355 g/mol. The Labute approximate surface area is 152 Å². The normalized spacial score (nSPS) is 14.3. The highest BCUT2D eigenvalue weighted by atomic mass is 19.1. The SMILES string of the molecule is CC(=O)Nc1cc(C(=O)N2CCN(c3ccc(F)cc3)CC2)ccc1C. The topological polar surface area (TPSA) is 52.7 Å². The second-order valence-electron chi connectivity index (χ2n) is 6.47. The van der Waals surface area contributed by atoms with Crippen LogP contribution in [0.2, 0.25) is 0 Å². The fourth-order valence-electron chi connectivity index (χ4n) is 3.08. The van der Waals surface area contributed by atoms with Gasteiger partial charge in [0.05, 0.1) is 0 Å². The average molecular weight is 355 g/mol. The molecule has 0 saturated carbocycles. The van der Waals surface area contributed by atoms with Crippen LogP contribution < -0.4 is 10.2 Å². The summed E-state index contributed by atoms with van der Waals surface area (Å²) in [7, 11) is 0. The first-order chi connectivity index (χ1) is 12.4. The van der Waals surface area contributed by atoms with Gasteiger partial charge in [0.25, 0.3) is 5.91 Å². The average Bonchev–Trinajstić information content (AvgIpc) is 2.63. The van der Waals surface area contributed by atoms with E-state index in [1.54, 1.807) is 24.3 Å². The number of rotatable bonds is 3.